The molecule has 35 heavy (non-hydrogen) atoms. The second kappa shape index (κ2) is 10.7. The van der Waals surface area contributed by atoms with Gasteiger partial charge in [0.15, 0.2) is 0 Å². The van der Waals surface area contributed by atoms with Crippen molar-refractivity contribution in [3.8, 4) is 17.0 Å². The van der Waals surface area contributed by atoms with E-state index in [1.54, 1.807) is 21.0 Å². The third-order valence-electron chi connectivity index (χ3n) is 6.47. The zero-order valence-electron chi connectivity index (χ0n) is 20.7. The number of nitrogens with one attached hydrogen (secondary N) is 1. The molecule has 1 aliphatic heterocycles. The Kier molecular flexibility index (Phi) is 7.49. The lowest BCUT2D eigenvalue weighted by Gasteiger charge is -2.38. The molecular formula is C29H33N3O3. The minimum Gasteiger partial charge on any atom is -0.496 e. The van der Waals surface area contributed by atoms with E-state index in [-0.39, 0.29) is 24.2 Å². The van der Waals surface area contributed by atoms with Gasteiger partial charge in [0.2, 0.25) is 11.8 Å². The highest BCUT2D eigenvalue weighted by Crippen LogP contribution is 2.32. The number of carbonyl (C=O) groups is 2. The van der Waals surface area contributed by atoms with E-state index in [0.29, 0.717) is 13.1 Å². The largest absolute Gasteiger partial charge is 0.496 e. The highest BCUT2D eigenvalue weighted by molar-refractivity contribution is 5.91. The number of hydrogen-bond donors (Lipinski definition) is 1. The van der Waals surface area contributed by atoms with Gasteiger partial charge in [0.05, 0.1) is 19.2 Å². The fraction of sp³-hybridized carbons (Fsp3) is 0.345. The lowest BCUT2D eigenvalue weighted by atomic mass is 9.92. The number of hydrogen-bond acceptors (Lipinski definition) is 4. The maximum Gasteiger partial charge on any atom is 0.247 e. The second-order valence-corrected chi connectivity index (χ2v) is 9.57. The van der Waals surface area contributed by atoms with Crippen LogP contribution in [0.5, 0.6) is 5.75 Å². The zero-order valence-corrected chi connectivity index (χ0v) is 20.7. The SMILES string of the molecule is COc1ccccc1-c1cccc(C2CCCN(C(=O)C(C)(C)NC(=O)Cc3ccccc3)C2)n1. The zero-order chi connectivity index (χ0) is 24.8. The molecule has 0 saturated carbocycles. The van der Waals surface area contributed by atoms with E-state index in [1.165, 1.54) is 0 Å². The Hall–Kier alpha value is -3.67. The predicted octanol–water partition coefficient (Wildman–Crippen LogP) is 4.60. The maximum absolute atomic E-state index is 13.4. The van der Waals surface area contributed by atoms with Gasteiger partial charge in [0.1, 0.15) is 11.3 Å². The fourth-order valence-electron chi connectivity index (χ4n) is 4.71. The topological polar surface area (TPSA) is 71.5 Å². The fourth-order valence-corrected chi connectivity index (χ4v) is 4.71. The van der Waals surface area contributed by atoms with Crippen molar-refractivity contribution in [1.29, 1.82) is 0 Å². The van der Waals surface area contributed by atoms with Crippen molar-refractivity contribution in [2.75, 3.05) is 20.2 Å². The van der Waals surface area contributed by atoms with Gasteiger partial charge in [0.25, 0.3) is 0 Å². The number of methoxy groups -OCH3 is 1. The summed E-state index contributed by atoms with van der Waals surface area (Å²) in [5, 5.41) is 2.94. The number of ether oxygens (including phenoxy) is 1. The minimum atomic E-state index is -0.986. The van der Waals surface area contributed by atoms with Gasteiger partial charge in [-0.25, -0.2) is 0 Å². The third kappa shape index (κ3) is 5.88. The molecule has 1 saturated heterocycles. The first-order valence-electron chi connectivity index (χ1n) is 12.1. The van der Waals surface area contributed by atoms with Gasteiger partial charge in [-0.15, -0.1) is 0 Å². The molecule has 3 aromatic rings. The normalized spacial score (nSPS) is 16.0. The number of likely N-dealkylation sites (tertiary alicyclic amines) is 1. The van der Waals surface area contributed by atoms with Crippen LogP contribution in [0.3, 0.4) is 0 Å². The average molecular weight is 472 g/mol. The van der Waals surface area contributed by atoms with Crippen molar-refractivity contribution < 1.29 is 14.3 Å². The molecule has 0 radical (unpaired) electrons. The van der Waals surface area contributed by atoms with Crippen LogP contribution in [0.1, 0.15) is 43.9 Å². The van der Waals surface area contributed by atoms with Crippen LogP contribution in [0, 0.1) is 0 Å². The number of aromatic nitrogens is 1. The van der Waals surface area contributed by atoms with Gasteiger partial charge in [0, 0.05) is 30.3 Å². The molecule has 4 rings (SSSR count). The van der Waals surface area contributed by atoms with Gasteiger partial charge in [-0.1, -0.05) is 48.5 Å². The summed E-state index contributed by atoms with van der Waals surface area (Å²) in [5.41, 5.74) is 2.71. The molecule has 2 heterocycles. The Labute approximate surface area is 207 Å². The average Bonchev–Trinajstić information content (AvgIpc) is 2.88. The second-order valence-electron chi connectivity index (χ2n) is 9.57. The van der Waals surface area contributed by atoms with Crippen LogP contribution in [0.2, 0.25) is 0 Å². The van der Waals surface area contributed by atoms with E-state index in [9.17, 15) is 9.59 Å². The molecule has 182 valence electrons. The smallest absolute Gasteiger partial charge is 0.247 e. The molecule has 1 fully saturated rings. The summed E-state index contributed by atoms with van der Waals surface area (Å²) >= 11 is 0. The lowest BCUT2D eigenvalue weighted by molar-refractivity contribution is -0.141. The van der Waals surface area contributed by atoms with Crippen LogP contribution < -0.4 is 10.1 Å². The Morgan fingerprint density at radius 1 is 1.03 bits per heavy atom. The van der Waals surface area contributed by atoms with Crippen LogP contribution in [-0.2, 0) is 16.0 Å². The standard InChI is InChI=1S/C29H33N3O3/c1-29(2,31-27(33)19-21-11-5-4-6-12-21)28(34)32-18-10-13-22(20-32)24-15-9-16-25(30-24)23-14-7-8-17-26(23)35-3/h4-9,11-12,14-17,22H,10,13,18-20H2,1-3H3,(H,31,33). The molecule has 6 heteroatoms. The first kappa shape index (κ1) is 24.5. The molecule has 0 spiro atoms. The molecular weight excluding hydrogens is 438 g/mol. The van der Waals surface area contributed by atoms with E-state index >= 15 is 0 Å². The molecule has 1 aliphatic rings. The summed E-state index contributed by atoms with van der Waals surface area (Å²) in [6.07, 6.45) is 2.11. The van der Waals surface area contributed by atoms with Gasteiger partial charge in [-0.05, 0) is 56.5 Å². The summed E-state index contributed by atoms with van der Waals surface area (Å²) in [5.74, 6) is 0.697. The maximum atomic E-state index is 13.4. The number of carbonyl (C=O) groups excluding carboxylic acids is 2. The Morgan fingerprint density at radius 3 is 2.54 bits per heavy atom. The van der Waals surface area contributed by atoms with E-state index in [2.05, 4.69) is 5.32 Å². The van der Waals surface area contributed by atoms with E-state index in [1.807, 2.05) is 77.7 Å². The van der Waals surface area contributed by atoms with Gasteiger partial charge >= 0.3 is 0 Å². The summed E-state index contributed by atoms with van der Waals surface area (Å²) in [4.78, 5) is 32.9. The van der Waals surface area contributed by atoms with Crippen molar-refractivity contribution in [2.45, 2.75) is 44.6 Å². The Bertz CT molecular complexity index is 1180. The lowest BCUT2D eigenvalue weighted by Crippen LogP contribution is -2.57. The van der Waals surface area contributed by atoms with Crippen LogP contribution in [-0.4, -0.2) is 47.4 Å². The molecule has 6 nitrogen and oxygen atoms in total. The van der Waals surface area contributed by atoms with Crippen LogP contribution in [0.4, 0.5) is 0 Å². The van der Waals surface area contributed by atoms with Crippen LogP contribution in [0.25, 0.3) is 11.3 Å². The monoisotopic (exact) mass is 471 g/mol. The molecule has 1 unspecified atom stereocenters. The van der Waals surface area contributed by atoms with E-state index < -0.39 is 5.54 Å². The Balaban J connectivity index is 1.45. The molecule has 1 N–H and O–H groups in total. The van der Waals surface area contributed by atoms with E-state index in [4.69, 9.17) is 9.72 Å². The summed E-state index contributed by atoms with van der Waals surface area (Å²) < 4.78 is 5.51. The van der Waals surface area contributed by atoms with Crippen molar-refractivity contribution in [1.82, 2.24) is 15.2 Å². The van der Waals surface area contributed by atoms with Crippen molar-refractivity contribution in [3.63, 3.8) is 0 Å². The number of benzene rings is 2. The number of piperidine rings is 1. The molecule has 1 atom stereocenters. The van der Waals surface area contributed by atoms with Gasteiger partial charge < -0.3 is 15.0 Å². The number of amides is 2. The van der Waals surface area contributed by atoms with Crippen molar-refractivity contribution in [3.05, 3.63) is 84.1 Å². The molecule has 2 aromatic carbocycles. The summed E-state index contributed by atoms with van der Waals surface area (Å²) in [7, 11) is 1.66. The Morgan fingerprint density at radius 2 is 1.77 bits per heavy atom. The molecule has 2 amide bonds. The van der Waals surface area contributed by atoms with Gasteiger partial charge in [-0.3, -0.25) is 14.6 Å². The van der Waals surface area contributed by atoms with Crippen molar-refractivity contribution >= 4 is 11.8 Å². The number of rotatable bonds is 7. The number of para-hydroxylation sites is 1. The quantitative estimate of drug-likeness (QED) is 0.547. The number of nitrogens with zero attached hydrogens (tertiary/aromatic N) is 2. The minimum absolute atomic E-state index is 0.0653. The predicted molar refractivity (Wildman–Crippen MR) is 137 cm³/mol. The summed E-state index contributed by atoms with van der Waals surface area (Å²) in [6, 6.07) is 23.4. The third-order valence-corrected chi connectivity index (χ3v) is 6.47. The first-order valence-corrected chi connectivity index (χ1v) is 12.1. The molecule has 0 bridgehead atoms. The number of pyridine rings is 1. The highest BCUT2D eigenvalue weighted by Gasteiger charge is 2.36. The van der Waals surface area contributed by atoms with Crippen LogP contribution in [0.15, 0.2) is 72.8 Å². The van der Waals surface area contributed by atoms with Crippen molar-refractivity contribution in [2.24, 2.45) is 0 Å². The first-order chi connectivity index (χ1) is 16.9. The van der Waals surface area contributed by atoms with E-state index in [0.717, 1.165) is 41.1 Å². The highest BCUT2D eigenvalue weighted by atomic mass is 16.5. The molecule has 0 aliphatic carbocycles. The van der Waals surface area contributed by atoms with Gasteiger partial charge in [-0.2, -0.15) is 0 Å². The van der Waals surface area contributed by atoms with Crippen LogP contribution >= 0.6 is 0 Å². The summed E-state index contributed by atoms with van der Waals surface area (Å²) in [6.45, 7) is 4.82. The molecule has 1 aromatic heterocycles.